The van der Waals surface area contributed by atoms with Gasteiger partial charge in [-0.1, -0.05) is 164 Å². The van der Waals surface area contributed by atoms with Gasteiger partial charge in [0.25, 0.3) is 0 Å². The smallest absolute Gasteiger partial charge is 0.657 e. The van der Waals surface area contributed by atoms with E-state index < -0.39 is 15.8 Å². The molecule has 0 N–H and O–H groups in total. The summed E-state index contributed by atoms with van der Waals surface area (Å²) >= 11 is 0. The van der Waals surface area contributed by atoms with Gasteiger partial charge in [0.15, 0.2) is 0 Å². The number of para-hydroxylation sites is 4. The molecule has 0 spiro atoms. The summed E-state index contributed by atoms with van der Waals surface area (Å²) in [7, 11) is -0.794. The Labute approximate surface area is 343 Å². The van der Waals surface area contributed by atoms with Crippen molar-refractivity contribution in [1.82, 2.24) is 0 Å². The van der Waals surface area contributed by atoms with Gasteiger partial charge in [-0.15, -0.1) is 22.7 Å². The van der Waals surface area contributed by atoms with E-state index in [1.54, 1.807) is 0 Å². The summed E-state index contributed by atoms with van der Waals surface area (Å²) in [4.78, 5) is 0. The van der Waals surface area contributed by atoms with E-state index in [-0.39, 0.29) is 34.1 Å². The maximum Gasteiger partial charge on any atom is 2.00 e. The Balaban J connectivity index is 0.000000501. The second kappa shape index (κ2) is 26.2. The van der Waals surface area contributed by atoms with Crippen LogP contribution in [0.25, 0.3) is 10.6 Å². The summed E-state index contributed by atoms with van der Waals surface area (Å²) < 4.78 is 0. The van der Waals surface area contributed by atoms with Crippen LogP contribution in [0.5, 0.6) is 0 Å². The number of nitrogens with zero attached hydrogens (tertiary/aromatic N) is 2. The fourth-order valence-electron chi connectivity index (χ4n) is 6.76. The summed E-state index contributed by atoms with van der Waals surface area (Å²) in [6.45, 7) is 26.9. The van der Waals surface area contributed by atoms with Gasteiger partial charge >= 0.3 is 17.1 Å². The van der Waals surface area contributed by atoms with Crippen molar-refractivity contribution < 1.29 is 34.1 Å². The van der Waals surface area contributed by atoms with Gasteiger partial charge in [-0.2, -0.15) is 12.8 Å². The van der Waals surface area contributed by atoms with Gasteiger partial charge in [0, 0.05) is 32.9 Å². The Hall–Kier alpha value is -1.62. The molecule has 0 amide bonds. The number of rotatable bonds is 18. The SMILES string of the molecule is [CH2-]Cc1ccccc1[N-]c1ccccc1C[PH+](CC(C)C)CC(C)C.[CH2-]Cc1ccccc1[N-]c1ccccc1C[PH+](CC(C)C)CC(C)C.[Cu+2].[Cu]. The molecular formula is C46H66Cu2N2P2. The quantitative estimate of drug-likeness (QED) is 0.0543. The molecule has 4 aromatic carbocycles. The van der Waals surface area contributed by atoms with Crippen molar-refractivity contribution in [2.75, 3.05) is 24.6 Å². The monoisotopic (exact) mass is 834 g/mol. The molecule has 0 fully saturated rings. The van der Waals surface area contributed by atoms with Crippen LogP contribution in [-0.4, -0.2) is 24.6 Å². The molecule has 4 rings (SSSR count). The van der Waals surface area contributed by atoms with Crippen molar-refractivity contribution in [3.63, 3.8) is 0 Å². The van der Waals surface area contributed by atoms with E-state index in [0.29, 0.717) is 0 Å². The van der Waals surface area contributed by atoms with Crippen LogP contribution < -0.4 is 0 Å². The van der Waals surface area contributed by atoms with E-state index in [9.17, 15) is 0 Å². The first-order valence-electron chi connectivity index (χ1n) is 19.0. The molecule has 0 saturated carbocycles. The molecule has 0 aromatic heterocycles. The van der Waals surface area contributed by atoms with Gasteiger partial charge in [-0.25, -0.2) is 0 Å². The molecule has 0 aliphatic carbocycles. The Morgan fingerprint density at radius 1 is 0.423 bits per heavy atom. The fraction of sp³-hybridized carbons (Fsp3) is 0.435. The van der Waals surface area contributed by atoms with E-state index in [2.05, 4.69) is 166 Å². The molecule has 0 heterocycles. The third-order valence-corrected chi connectivity index (χ3v) is 16.0. The zero-order valence-electron chi connectivity index (χ0n) is 33.1. The Bertz CT molecular complexity index is 1400. The van der Waals surface area contributed by atoms with Crippen LogP contribution in [0.1, 0.15) is 77.6 Å². The Kier molecular flexibility index (Phi) is 24.4. The van der Waals surface area contributed by atoms with E-state index in [0.717, 1.165) is 59.3 Å². The molecule has 2 radical (unpaired) electrons. The summed E-state index contributed by atoms with van der Waals surface area (Å²) in [5, 5.41) is 10.00. The van der Waals surface area contributed by atoms with E-state index in [1.807, 2.05) is 0 Å². The summed E-state index contributed by atoms with van der Waals surface area (Å²) in [5.41, 5.74) is 9.65. The minimum Gasteiger partial charge on any atom is -0.657 e. The zero-order valence-corrected chi connectivity index (χ0v) is 37.0. The number of benzene rings is 4. The van der Waals surface area contributed by atoms with Crippen molar-refractivity contribution in [2.45, 2.75) is 80.6 Å². The third-order valence-electron chi connectivity index (χ3n) is 8.66. The van der Waals surface area contributed by atoms with Gasteiger partial charge in [-0.3, -0.25) is 0 Å². The summed E-state index contributed by atoms with van der Waals surface area (Å²) in [5.74, 6) is 3.12. The topological polar surface area (TPSA) is 28.2 Å². The minimum absolute atomic E-state index is 0. The molecule has 4 aromatic rings. The van der Waals surface area contributed by atoms with Crippen molar-refractivity contribution in [3.8, 4) is 0 Å². The predicted octanol–water partition coefficient (Wildman–Crippen LogP) is 14.8. The molecule has 2 nitrogen and oxygen atoms in total. The first-order chi connectivity index (χ1) is 24.0. The molecule has 292 valence electrons. The molecule has 0 bridgehead atoms. The molecule has 0 unspecified atom stereocenters. The molecular weight excluding hydrogens is 770 g/mol. The molecule has 0 aliphatic heterocycles. The third kappa shape index (κ3) is 17.7. The summed E-state index contributed by atoms with van der Waals surface area (Å²) in [6.07, 6.45) is 9.51. The molecule has 0 aliphatic rings. The van der Waals surface area contributed by atoms with Crippen molar-refractivity contribution in [2.24, 2.45) is 23.7 Å². The molecule has 6 heteroatoms. The Morgan fingerprint density at radius 2 is 0.654 bits per heavy atom. The minimum atomic E-state index is -0.397. The second-order valence-corrected chi connectivity index (χ2v) is 20.8. The van der Waals surface area contributed by atoms with E-state index in [4.69, 9.17) is 10.6 Å². The number of hydrogen-bond donors (Lipinski definition) is 0. The van der Waals surface area contributed by atoms with Crippen molar-refractivity contribution in [1.29, 1.82) is 0 Å². The molecule has 0 saturated heterocycles. The first-order valence-corrected chi connectivity index (χ1v) is 23.2. The van der Waals surface area contributed by atoms with E-state index in [1.165, 1.54) is 59.2 Å². The van der Waals surface area contributed by atoms with Crippen LogP contribution in [0.3, 0.4) is 0 Å². The van der Waals surface area contributed by atoms with Crippen LogP contribution in [0, 0.1) is 37.5 Å². The maximum absolute atomic E-state index is 5.00. The van der Waals surface area contributed by atoms with Crippen LogP contribution >= 0.6 is 15.8 Å². The van der Waals surface area contributed by atoms with Crippen LogP contribution in [0.4, 0.5) is 22.7 Å². The standard InChI is InChI=1S/2C23H32NP.2Cu/c2*1-6-20-11-7-9-13-22(20)24-23-14-10-8-12-21(23)17-25(15-18(2)3)16-19(4)5;;/h2*7-14,18-19H,1,6,15-17H2,2-5H3;;/q2*-2;;+2/p+2. The fourth-order valence-corrected chi connectivity index (χ4v) is 14.0. The average Bonchev–Trinajstić information content (AvgIpc) is 3.06. The van der Waals surface area contributed by atoms with Crippen LogP contribution in [0.2, 0.25) is 0 Å². The largest absolute Gasteiger partial charge is 2.00 e. The van der Waals surface area contributed by atoms with Crippen molar-refractivity contribution >= 4 is 38.6 Å². The van der Waals surface area contributed by atoms with E-state index >= 15 is 0 Å². The second-order valence-electron chi connectivity index (χ2n) is 15.5. The normalized spacial score (nSPS) is 11.1. The van der Waals surface area contributed by atoms with Gasteiger partial charge in [0.05, 0.1) is 37.0 Å². The number of hydrogen-bond acceptors (Lipinski definition) is 0. The zero-order chi connectivity index (χ0) is 36.5. The maximum atomic E-state index is 5.00. The summed E-state index contributed by atoms with van der Waals surface area (Å²) in [6, 6.07) is 34.1. The van der Waals surface area contributed by atoms with Gasteiger partial charge in [0.2, 0.25) is 0 Å². The van der Waals surface area contributed by atoms with Crippen LogP contribution in [-0.2, 0) is 59.3 Å². The first kappa shape index (κ1) is 48.4. The molecule has 0 atom stereocenters. The average molecular weight is 836 g/mol. The van der Waals surface area contributed by atoms with Gasteiger partial charge in [-0.05, 0) is 34.8 Å². The predicted molar refractivity (Wildman–Crippen MR) is 232 cm³/mol. The van der Waals surface area contributed by atoms with Gasteiger partial charge in [0.1, 0.15) is 0 Å². The van der Waals surface area contributed by atoms with Crippen LogP contribution in [0.15, 0.2) is 97.1 Å². The van der Waals surface area contributed by atoms with Gasteiger partial charge < -0.3 is 24.5 Å². The Morgan fingerprint density at radius 3 is 0.904 bits per heavy atom. The van der Waals surface area contributed by atoms with Crippen molar-refractivity contribution in [3.05, 3.63) is 144 Å². The molecule has 52 heavy (non-hydrogen) atoms.